The molecule has 32 heavy (non-hydrogen) atoms. The fourth-order valence-corrected chi connectivity index (χ4v) is 4.42. The van der Waals surface area contributed by atoms with Gasteiger partial charge in [0, 0.05) is 23.2 Å². The summed E-state index contributed by atoms with van der Waals surface area (Å²) < 4.78 is 42.9. The standard InChI is InChI=1S/C24H25ClF3N3O/c1-12-17(26)8-13(9-18(12)27)30-23(32)22-20(14-6-5-7-16(25)21(14)28)15(11-29)19(31-22)10-24(2,3)4/h5-9,15,19-20,22,31H,10H2,1-4H3,(H,30,32). The van der Waals surface area contributed by atoms with Gasteiger partial charge in [-0.25, -0.2) is 13.2 Å². The van der Waals surface area contributed by atoms with E-state index >= 15 is 0 Å². The van der Waals surface area contributed by atoms with Crippen LogP contribution in [0.1, 0.15) is 44.2 Å². The number of nitrogens with zero attached hydrogens (tertiary/aromatic N) is 1. The summed E-state index contributed by atoms with van der Waals surface area (Å²) in [6.45, 7) is 7.30. The van der Waals surface area contributed by atoms with Gasteiger partial charge in [0.2, 0.25) is 5.91 Å². The third-order valence-corrected chi connectivity index (χ3v) is 6.02. The summed E-state index contributed by atoms with van der Waals surface area (Å²) in [5.74, 6) is -4.46. The fourth-order valence-electron chi connectivity index (χ4n) is 4.24. The van der Waals surface area contributed by atoms with E-state index in [-0.39, 0.29) is 27.3 Å². The van der Waals surface area contributed by atoms with Crippen LogP contribution in [0.5, 0.6) is 0 Å². The highest BCUT2D eigenvalue weighted by atomic mass is 35.5. The molecule has 1 aliphatic rings. The van der Waals surface area contributed by atoms with E-state index in [0.29, 0.717) is 6.42 Å². The molecule has 2 aromatic rings. The molecule has 0 bridgehead atoms. The Kier molecular flexibility index (Phi) is 6.87. The van der Waals surface area contributed by atoms with E-state index in [1.807, 2.05) is 20.8 Å². The van der Waals surface area contributed by atoms with E-state index in [4.69, 9.17) is 11.6 Å². The second kappa shape index (κ2) is 9.13. The van der Waals surface area contributed by atoms with Crippen LogP contribution in [0.25, 0.3) is 0 Å². The van der Waals surface area contributed by atoms with Crippen LogP contribution in [0, 0.1) is 47.0 Å². The topological polar surface area (TPSA) is 64.9 Å². The van der Waals surface area contributed by atoms with Crippen LogP contribution in [0.3, 0.4) is 0 Å². The Balaban J connectivity index is 2.01. The lowest BCUT2D eigenvalue weighted by Crippen LogP contribution is -2.42. The normalized spacial score (nSPS) is 23.1. The Morgan fingerprint density at radius 3 is 2.41 bits per heavy atom. The number of anilines is 1. The first-order valence-electron chi connectivity index (χ1n) is 10.3. The molecule has 0 saturated carbocycles. The molecule has 170 valence electrons. The second-order valence-electron chi connectivity index (χ2n) is 9.39. The van der Waals surface area contributed by atoms with Crippen LogP contribution in [0.15, 0.2) is 30.3 Å². The molecule has 1 amide bonds. The highest BCUT2D eigenvalue weighted by Gasteiger charge is 2.49. The molecule has 0 aromatic heterocycles. The van der Waals surface area contributed by atoms with Crippen molar-refractivity contribution < 1.29 is 18.0 Å². The summed E-state index contributed by atoms with van der Waals surface area (Å²) in [7, 11) is 0. The lowest BCUT2D eigenvalue weighted by molar-refractivity contribution is -0.118. The molecular weight excluding hydrogens is 439 g/mol. The number of carbonyl (C=O) groups excluding carboxylic acids is 1. The molecule has 4 unspecified atom stereocenters. The maximum Gasteiger partial charge on any atom is 0.242 e. The van der Waals surface area contributed by atoms with E-state index in [9.17, 15) is 23.2 Å². The molecule has 4 atom stereocenters. The van der Waals surface area contributed by atoms with E-state index < -0.39 is 47.3 Å². The van der Waals surface area contributed by atoms with Gasteiger partial charge in [0.1, 0.15) is 17.5 Å². The predicted octanol–water partition coefficient (Wildman–Crippen LogP) is 5.70. The van der Waals surface area contributed by atoms with Crippen molar-refractivity contribution in [3.63, 3.8) is 0 Å². The van der Waals surface area contributed by atoms with Crippen molar-refractivity contribution >= 4 is 23.2 Å². The average molecular weight is 464 g/mol. The Labute approximate surface area is 190 Å². The molecule has 4 nitrogen and oxygen atoms in total. The van der Waals surface area contributed by atoms with E-state index in [1.54, 1.807) is 6.07 Å². The maximum absolute atomic E-state index is 14.9. The van der Waals surface area contributed by atoms with Gasteiger partial charge in [0.05, 0.1) is 23.1 Å². The monoisotopic (exact) mass is 463 g/mol. The molecule has 1 aliphatic heterocycles. The minimum atomic E-state index is -1.01. The molecule has 0 spiro atoms. The largest absolute Gasteiger partial charge is 0.325 e. The van der Waals surface area contributed by atoms with Gasteiger partial charge in [-0.05, 0) is 42.5 Å². The lowest BCUT2D eigenvalue weighted by atomic mass is 9.77. The zero-order valence-electron chi connectivity index (χ0n) is 18.3. The quantitative estimate of drug-likeness (QED) is 0.610. The van der Waals surface area contributed by atoms with Gasteiger partial charge in [0.25, 0.3) is 0 Å². The molecule has 8 heteroatoms. The number of hydrogen-bond donors (Lipinski definition) is 2. The van der Waals surface area contributed by atoms with Crippen LogP contribution < -0.4 is 10.6 Å². The number of hydrogen-bond acceptors (Lipinski definition) is 3. The van der Waals surface area contributed by atoms with Crippen molar-refractivity contribution in [1.29, 1.82) is 5.26 Å². The number of amides is 1. The van der Waals surface area contributed by atoms with Gasteiger partial charge in [0.15, 0.2) is 0 Å². The number of halogens is 4. The zero-order chi connectivity index (χ0) is 23.8. The van der Waals surface area contributed by atoms with Crippen LogP contribution in [0.4, 0.5) is 18.9 Å². The minimum Gasteiger partial charge on any atom is -0.325 e. The van der Waals surface area contributed by atoms with E-state index in [2.05, 4.69) is 16.7 Å². The van der Waals surface area contributed by atoms with Crippen LogP contribution >= 0.6 is 11.6 Å². The van der Waals surface area contributed by atoms with Crippen molar-refractivity contribution in [3.05, 3.63) is 63.9 Å². The number of nitriles is 1. The summed E-state index contributed by atoms with van der Waals surface area (Å²) in [6.07, 6.45) is 0.557. The van der Waals surface area contributed by atoms with E-state index in [0.717, 1.165) is 12.1 Å². The fraction of sp³-hybridized carbons (Fsp3) is 0.417. The Morgan fingerprint density at radius 1 is 1.22 bits per heavy atom. The summed E-state index contributed by atoms with van der Waals surface area (Å²) in [4.78, 5) is 13.2. The minimum absolute atomic E-state index is 0.0597. The zero-order valence-corrected chi connectivity index (χ0v) is 19.0. The van der Waals surface area contributed by atoms with Crippen molar-refractivity contribution in [3.8, 4) is 6.07 Å². The molecule has 2 N–H and O–H groups in total. The van der Waals surface area contributed by atoms with E-state index in [1.165, 1.54) is 19.1 Å². The molecule has 0 aliphatic carbocycles. The van der Waals surface area contributed by atoms with Gasteiger partial charge in [-0.15, -0.1) is 0 Å². The van der Waals surface area contributed by atoms with Crippen molar-refractivity contribution in [1.82, 2.24) is 5.32 Å². The van der Waals surface area contributed by atoms with Crippen LogP contribution in [-0.2, 0) is 4.79 Å². The Morgan fingerprint density at radius 2 is 1.84 bits per heavy atom. The average Bonchev–Trinajstić information content (AvgIpc) is 3.04. The summed E-state index contributed by atoms with van der Waals surface area (Å²) >= 11 is 5.97. The number of nitrogens with one attached hydrogen (secondary N) is 2. The first kappa shape index (κ1) is 24.1. The van der Waals surface area contributed by atoms with Crippen molar-refractivity contribution in [2.45, 2.75) is 52.1 Å². The highest BCUT2D eigenvalue weighted by Crippen LogP contribution is 2.42. The molecule has 1 saturated heterocycles. The third-order valence-electron chi connectivity index (χ3n) is 5.73. The number of rotatable bonds is 4. The second-order valence-corrected chi connectivity index (χ2v) is 9.80. The predicted molar refractivity (Wildman–Crippen MR) is 118 cm³/mol. The summed E-state index contributed by atoms with van der Waals surface area (Å²) in [6, 6.07) is 7.33. The third kappa shape index (κ3) is 4.92. The molecule has 1 fully saturated rings. The van der Waals surface area contributed by atoms with Crippen LogP contribution in [-0.4, -0.2) is 18.0 Å². The molecule has 2 aromatic carbocycles. The van der Waals surface area contributed by atoms with Crippen molar-refractivity contribution in [2.24, 2.45) is 11.3 Å². The lowest BCUT2D eigenvalue weighted by Gasteiger charge is -2.25. The maximum atomic E-state index is 14.9. The van der Waals surface area contributed by atoms with Gasteiger partial charge in [-0.2, -0.15) is 5.26 Å². The first-order chi connectivity index (χ1) is 14.9. The highest BCUT2D eigenvalue weighted by molar-refractivity contribution is 6.30. The van der Waals surface area contributed by atoms with Gasteiger partial charge in [-0.1, -0.05) is 44.5 Å². The molecule has 0 radical (unpaired) electrons. The number of carbonyl (C=O) groups is 1. The molecular formula is C24H25ClF3N3O. The van der Waals surface area contributed by atoms with Gasteiger partial charge in [-0.3, -0.25) is 4.79 Å². The summed E-state index contributed by atoms with van der Waals surface area (Å²) in [5, 5.41) is 15.5. The first-order valence-corrected chi connectivity index (χ1v) is 10.7. The molecule has 1 heterocycles. The smallest absolute Gasteiger partial charge is 0.242 e. The SMILES string of the molecule is Cc1c(F)cc(NC(=O)C2NC(CC(C)(C)C)C(C#N)C2c2cccc(Cl)c2F)cc1F. The van der Waals surface area contributed by atoms with Gasteiger partial charge < -0.3 is 10.6 Å². The number of benzene rings is 2. The van der Waals surface area contributed by atoms with Crippen LogP contribution in [0.2, 0.25) is 5.02 Å². The Hall–Kier alpha value is -2.56. The summed E-state index contributed by atoms with van der Waals surface area (Å²) in [5.41, 5.74) is -0.237. The molecule has 3 rings (SSSR count). The van der Waals surface area contributed by atoms with Crippen molar-refractivity contribution in [2.75, 3.05) is 5.32 Å². The Bertz CT molecular complexity index is 1050. The van der Waals surface area contributed by atoms with Gasteiger partial charge >= 0.3 is 0 Å².